The first-order chi connectivity index (χ1) is 13.2. The summed E-state index contributed by atoms with van der Waals surface area (Å²) >= 11 is 0. The molecule has 1 aromatic carbocycles. The molecule has 7 heteroatoms. The molecule has 0 radical (unpaired) electrons. The Kier molecular flexibility index (Phi) is 5.45. The molecule has 0 unspecified atom stereocenters. The van der Waals surface area contributed by atoms with Crippen molar-refractivity contribution in [3.63, 3.8) is 0 Å². The molecule has 2 heterocycles. The number of rotatable bonds is 3. The maximum Gasteiger partial charge on any atom is 0.261 e. The fourth-order valence-electron chi connectivity index (χ4n) is 3.38. The molecule has 0 bridgehead atoms. The van der Waals surface area contributed by atoms with Gasteiger partial charge in [0.25, 0.3) is 5.91 Å². The van der Waals surface area contributed by atoms with Crippen molar-refractivity contribution >= 4 is 23.2 Å². The average Bonchev–Trinajstić information content (AvgIpc) is 3.04. The van der Waals surface area contributed by atoms with Crippen LogP contribution in [0, 0.1) is 6.92 Å². The van der Waals surface area contributed by atoms with Crippen LogP contribution in [0.1, 0.15) is 49.5 Å². The minimum Gasteiger partial charge on any atom is -0.368 e. The van der Waals surface area contributed by atoms with E-state index < -0.39 is 0 Å². The molecule has 0 aliphatic carbocycles. The van der Waals surface area contributed by atoms with Crippen molar-refractivity contribution in [1.29, 1.82) is 0 Å². The average molecular weight is 384 g/mol. The van der Waals surface area contributed by atoms with Crippen LogP contribution in [0.4, 0.5) is 11.4 Å². The van der Waals surface area contributed by atoms with Crippen molar-refractivity contribution in [1.82, 2.24) is 10.1 Å². The molecular formula is C21H28N4O3. The van der Waals surface area contributed by atoms with Crippen LogP contribution in [-0.4, -0.2) is 48.0 Å². The van der Waals surface area contributed by atoms with Crippen molar-refractivity contribution in [3.8, 4) is 0 Å². The Balaban J connectivity index is 1.68. The van der Waals surface area contributed by atoms with Gasteiger partial charge in [0, 0.05) is 49.9 Å². The Morgan fingerprint density at radius 1 is 1.07 bits per heavy atom. The Hall–Kier alpha value is -2.83. The second-order valence-electron chi connectivity index (χ2n) is 8.21. The van der Waals surface area contributed by atoms with Crippen molar-refractivity contribution in [2.75, 3.05) is 36.4 Å². The molecule has 1 fully saturated rings. The van der Waals surface area contributed by atoms with Crippen LogP contribution >= 0.6 is 0 Å². The number of benzene rings is 1. The number of amides is 2. The smallest absolute Gasteiger partial charge is 0.261 e. The first-order valence-corrected chi connectivity index (χ1v) is 9.55. The lowest BCUT2D eigenvalue weighted by Crippen LogP contribution is -2.48. The van der Waals surface area contributed by atoms with Crippen LogP contribution in [-0.2, 0) is 10.2 Å². The minimum absolute atomic E-state index is 0.122. The lowest BCUT2D eigenvalue weighted by Gasteiger charge is -2.35. The quantitative estimate of drug-likeness (QED) is 0.879. The highest BCUT2D eigenvalue weighted by Crippen LogP contribution is 2.28. The van der Waals surface area contributed by atoms with Crippen molar-refractivity contribution in [3.05, 3.63) is 41.3 Å². The SMILES string of the molecule is CC(=O)N1CCN(c2ccc(NC(=O)c3c(C(C)(C)C)noc3C)cc2)CC1. The van der Waals surface area contributed by atoms with Crippen molar-refractivity contribution < 1.29 is 14.1 Å². The number of hydrogen-bond donors (Lipinski definition) is 1. The highest BCUT2D eigenvalue weighted by atomic mass is 16.5. The Morgan fingerprint density at radius 2 is 1.68 bits per heavy atom. The second kappa shape index (κ2) is 7.66. The summed E-state index contributed by atoms with van der Waals surface area (Å²) in [5.74, 6) is 0.422. The Morgan fingerprint density at radius 3 is 2.21 bits per heavy atom. The maximum absolute atomic E-state index is 12.8. The zero-order valence-electron chi connectivity index (χ0n) is 17.2. The highest BCUT2D eigenvalue weighted by molar-refractivity contribution is 6.06. The van der Waals surface area contributed by atoms with Gasteiger partial charge in [-0.3, -0.25) is 9.59 Å². The lowest BCUT2D eigenvalue weighted by molar-refractivity contribution is -0.129. The predicted molar refractivity (Wildman–Crippen MR) is 109 cm³/mol. The largest absolute Gasteiger partial charge is 0.368 e. The highest BCUT2D eigenvalue weighted by Gasteiger charge is 2.29. The molecule has 150 valence electrons. The predicted octanol–water partition coefficient (Wildman–Crippen LogP) is 3.20. The summed E-state index contributed by atoms with van der Waals surface area (Å²) < 4.78 is 5.26. The molecular weight excluding hydrogens is 356 g/mol. The first kappa shape index (κ1) is 19.9. The van der Waals surface area contributed by atoms with E-state index in [4.69, 9.17) is 4.52 Å². The zero-order chi connectivity index (χ0) is 20.5. The van der Waals surface area contributed by atoms with Crippen LogP contribution in [0.5, 0.6) is 0 Å². The zero-order valence-corrected chi connectivity index (χ0v) is 17.2. The number of aryl methyl sites for hydroxylation is 1. The van der Waals surface area contributed by atoms with Crippen LogP contribution in [0.2, 0.25) is 0 Å². The fourth-order valence-corrected chi connectivity index (χ4v) is 3.38. The summed E-state index contributed by atoms with van der Waals surface area (Å²) in [7, 11) is 0. The molecule has 1 aliphatic heterocycles. The number of nitrogens with zero attached hydrogens (tertiary/aromatic N) is 3. The molecule has 1 aromatic heterocycles. The maximum atomic E-state index is 12.8. The molecule has 0 atom stereocenters. The van der Waals surface area contributed by atoms with Gasteiger partial charge in [0.1, 0.15) is 17.0 Å². The van der Waals surface area contributed by atoms with E-state index >= 15 is 0 Å². The van der Waals surface area contributed by atoms with Gasteiger partial charge in [-0.2, -0.15) is 0 Å². The molecule has 1 N–H and O–H groups in total. The van der Waals surface area contributed by atoms with Crippen LogP contribution in [0.3, 0.4) is 0 Å². The van der Waals surface area contributed by atoms with Crippen molar-refractivity contribution in [2.24, 2.45) is 0 Å². The molecule has 0 saturated carbocycles. The van der Waals surface area contributed by atoms with E-state index in [1.54, 1.807) is 13.8 Å². The third-order valence-corrected chi connectivity index (χ3v) is 5.02. The first-order valence-electron chi connectivity index (χ1n) is 9.55. The molecule has 2 amide bonds. The fraction of sp³-hybridized carbons (Fsp3) is 0.476. The summed E-state index contributed by atoms with van der Waals surface area (Å²) in [6.45, 7) is 12.4. The van der Waals surface area contributed by atoms with Gasteiger partial charge in [0.15, 0.2) is 0 Å². The van der Waals surface area contributed by atoms with Gasteiger partial charge in [-0.15, -0.1) is 0 Å². The Bertz CT molecular complexity index is 857. The third kappa shape index (κ3) is 4.18. The topological polar surface area (TPSA) is 78.7 Å². The van der Waals surface area contributed by atoms with Crippen LogP contribution in [0.15, 0.2) is 28.8 Å². The molecule has 7 nitrogen and oxygen atoms in total. The third-order valence-electron chi connectivity index (χ3n) is 5.02. The number of nitrogens with one attached hydrogen (secondary N) is 1. The van der Waals surface area contributed by atoms with Crippen LogP contribution in [0.25, 0.3) is 0 Å². The van der Waals surface area contributed by atoms with E-state index in [2.05, 4.69) is 15.4 Å². The van der Waals surface area contributed by atoms with Gasteiger partial charge in [0.2, 0.25) is 5.91 Å². The summed E-state index contributed by atoms with van der Waals surface area (Å²) in [5, 5.41) is 7.01. The summed E-state index contributed by atoms with van der Waals surface area (Å²) in [5.41, 5.74) is 2.67. The van der Waals surface area contributed by atoms with Gasteiger partial charge in [0.05, 0.1) is 0 Å². The van der Waals surface area contributed by atoms with E-state index in [1.165, 1.54) is 0 Å². The number of hydrogen-bond acceptors (Lipinski definition) is 5. The molecule has 28 heavy (non-hydrogen) atoms. The normalized spacial score (nSPS) is 14.9. The molecule has 3 rings (SSSR count). The van der Waals surface area contributed by atoms with E-state index in [-0.39, 0.29) is 17.2 Å². The van der Waals surface area contributed by atoms with E-state index in [9.17, 15) is 9.59 Å². The number of aromatic nitrogens is 1. The molecule has 0 spiro atoms. The number of anilines is 2. The molecule has 1 saturated heterocycles. The monoisotopic (exact) mass is 384 g/mol. The number of piperazine rings is 1. The lowest BCUT2D eigenvalue weighted by atomic mass is 9.88. The number of carbonyl (C=O) groups is 2. The van der Waals surface area contributed by atoms with Gasteiger partial charge in [-0.1, -0.05) is 25.9 Å². The Labute approximate surface area is 165 Å². The summed E-state index contributed by atoms with van der Waals surface area (Å²) in [6.07, 6.45) is 0. The van der Waals surface area contributed by atoms with Gasteiger partial charge < -0.3 is 19.6 Å². The number of carbonyl (C=O) groups excluding carboxylic acids is 2. The minimum atomic E-state index is -0.281. The molecule has 2 aromatic rings. The van der Waals surface area contributed by atoms with E-state index in [1.807, 2.05) is 49.9 Å². The van der Waals surface area contributed by atoms with E-state index in [0.717, 1.165) is 37.6 Å². The summed E-state index contributed by atoms with van der Waals surface area (Å²) in [4.78, 5) is 28.3. The van der Waals surface area contributed by atoms with Gasteiger partial charge >= 0.3 is 0 Å². The molecule has 1 aliphatic rings. The summed E-state index contributed by atoms with van der Waals surface area (Å²) in [6, 6.07) is 7.77. The van der Waals surface area contributed by atoms with Gasteiger partial charge in [-0.05, 0) is 31.2 Å². The second-order valence-corrected chi connectivity index (χ2v) is 8.21. The van der Waals surface area contributed by atoms with Gasteiger partial charge in [-0.25, -0.2) is 0 Å². The van der Waals surface area contributed by atoms with Crippen molar-refractivity contribution in [2.45, 2.75) is 40.0 Å². The van der Waals surface area contributed by atoms with Crippen LogP contribution < -0.4 is 10.2 Å². The standard InChI is InChI=1S/C21H28N4O3/c1-14-18(19(23-28-14)21(3,4)5)20(27)22-16-6-8-17(9-7-16)25-12-10-24(11-13-25)15(2)26/h6-9H,10-13H2,1-5H3,(H,22,27). The van der Waals surface area contributed by atoms with E-state index in [0.29, 0.717) is 17.0 Å².